The van der Waals surface area contributed by atoms with Crippen molar-refractivity contribution in [3.63, 3.8) is 0 Å². The number of carbonyl (C=O) groups excluding carboxylic acids is 1. The maximum Gasteiger partial charge on any atom is 0.220 e. The molecule has 3 aliphatic heterocycles. The third-order valence-electron chi connectivity index (χ3n) is 12.5. The summed E-state index contributed by atoms with van der Waals surface area (Å²) in [6.07, 6.45) is 0.944. The van der Waals surface area contributed by atoms with Crippen LogP contribution in [0.15, 0.2) is 24.3 Å². The van der Waals surface area contributed by atoms with Gasteiger partial charge >= 0.3 is 0 Å². The van der Waals surface area contributed by atoms with E-state index in [2.05, 4.69) is 31.3 Å². The van der Waals surface area contributed by atoms with E-state index in [4.69, 9.17) is 28.4 Å². The van der Waals surface area contributed by atoms with E-state index in [1.165, 1.54) is 51.4 Å². The number of allylic oxidation sites excluding steroid dienone is 3. The van der Waals surface area contributed by atoms with Gasteiger partial charge in [-0.3, -0.25) is 4.79 Å². The second-order valence-corrected chi connectivity index (χ2v) is 17.9. The summed E-state index contributed by atoms with van der Waals surface area (Å²) in [4.78, 5) is 13.0. The Balaban J connectivity index is 1.57. The van der Waals surface area contributed by atoms with Crippen LogP contribution in [0.1, 0.15) is 136 Å². The van der Waals surface area contributed by atoms with E-state index in [1.54, 1.807) is 6.08 Å². The Hall–Kier alpha value is -1.73. The van der Waals surface area contributed by atoms with Gasteiger partial charge in [0.1, 0.15) is 73.2 Å². The number of carbonyl (C=O) groups is 1. The summed E-state index contributed by atoms with van der Waals surface area (Å²) in [5.41, 5.74) is 0. The standard InChI is InChI=1S/C47H85NO18/c1-3-5-7-9-11-12-13-14-15-16-17-18-19-20-22-24-31(52)30(48-35(53)25-23-21-10-8-6-4-2)29-61-45-41(59)38(56)43(33(27-50)63-45)66-47-42(60)39(57)44(34(28-51)64-47)65-46-40(58)37(55)36(54)32(26-49)62-46/h17-18,22,24,30-34,36-47,49-52,54-60H,3-16,19-21,23,25-29H2,1-2H3,(H,48,53)/b18-17+,24-22+. The van der Waals surface area contributed by atoms with Crippen molar-refractivity contribution in [2.45, 2.75) is 240 Å². The van der Waals surface area contributed by atoms with Gasteiger partial charge in [0, 0.05) is 6.42 Å². The third kappa shape index (κ3) is 19.2. The Morgan fingerprint density at radius 1 is 0.530 bits per heavy atom. The molecule has 19 heteroatoms. The van der Waals surface area contributed by atoms with E-state index in [0.717, 1.165) is 51.4 Å². The minimum Gasteiger partial charge on any atom is -0.394 e. The highest BCUT2D eigenvalue weighted by molar-refractivity contribution is 5.76. The summed E-state index contributed by atoms with van der Waals surface area (Å²) in [5, 5.41) is 119. The van der Waals surface area contributed by atoms with Gasteiger partial charge in [0.2, 0.25) is 5.91 Å². The Labute approximate surface area is 390 Å². The largest absolute Gasteiger partial charge is 0.394 e. The molecule has 0 bridgehead atoms. The first-order valence-electron chi connectivity index (χ1n) is 24.6. The van der Waals surface area contributed by atoms with Crippen LogP contribution >= 0.6 is 0 Å². The molecule has 3 saturated heterocycles. The maximum absolute atomic E-state index is 13.0. The number of unbranched alkanes of at least 4 members (excludes halogenated alkanes) is 15. The molecule has 3 heterocycles. The molecule has 0 spiro atoms. The molecule has 0 saturated carbocycles. The van der Waals surface area contributed by atoms with Crippen LogP contribution in [0, 0.1) is 0 Å². The van der Waals surface area contributed by atoms with Crippen molar-refractivity contribution in [3.05, 3.63) is 24.3 Å². The molecule has 12 N–H and O–H groups in total. The second kappa shape index (κ2) is 33.0. The number of rotatable bonds is 33. The van der Waals surface area contributed by atoms with Crippen molar-refractivity contribution in [1.82, 2.24) is 5.32 Å². The van der Waals surface area contributed by atoms with Crippen LogP contribution in [0.4, 0.5) is 0 Å². The van der Waals surface area contributed by atoms with E-state index >= 15 is 0 Å². The van der Waals surface area contributed by atoms with Crippen LogP contribution in [0.25, 0.3) is 0 Å². The van der Waals surface area contributed by atoms with Gasteiger partial charge in [0.15, 0.2) is 18.9 Å². The molecule has 3 fully saturated rings. The lowest BCUT2D eigenvalue weighted by Gasteiger charge is -2.48. The monoisotopic (exact) mass is 952 g/mol. The highest BCUT2D eigenvalue weighted by Gasteiger charge is 2.53. The number of amides is 1. The van der Waals surface area contributed by atoms with Crippen molar-refractivity contribution < 1.29 is 89.4 Å². The summed E-state index contributed by atoms with van der Waals surface area (Å²) in [5.74, 6) is -0.298. The summed E-state index contributed by atoms with van der Waals surface area (Å²) in [6, 6.07) is -0.980. The number of aliphatic hydroxyl groups is 11. The number of nitrogens with one attached hydrogen (secondary N) is 1. The number of hydrogen-bond donors (Lipinski definition) is 12. The fourth-order valence-electron chi connectivity index (χ4n) is 8.32. The van der Waals surface area contributed by atoms with Gasteiger partial charge in [-0.25, -0.2) is 0 Å². The second-order valence-electron chi connectivity index (χ2n) is 17.9. The Morgan fingerprint density at radius 2 is 0.970 bits per heavy atom. The topological polar surface area (TPSA) is 307 Å². The molecule has 0 aliphatic carbocycles. The molecule has 17 unspecified atom stereocenters. The minimum absolute atomic E-state index is 0.233. The zero-order valence-electron chi connectivity index (χ0n) is 39.2. The minimum atomic E-state index is -1.98. The molecular weight excluding hydrogens is 867 g/mol. The van der Waals surface area contributed by atoms with Gasteiger partial charge in [0.05, 0.1) is 38.6 Å². The normalized spacial score (nSPS) is 34.0. The molecule has 19 nitrogen and oxygen atoms in total. The first kappa shape index (κ1) is 58.6. The lowest BCUT2D eigenvalue weighted by atomic mass is 9.96. The molecule has 66 heavy (non-hydrogen) atoms. The Kier molecular flexibility index (Phi) is 29.3. The van der Waals surface area contributed by atoms with E-state index in [1.807, 2.05) is 6.08 Å². The quantitative estimate of drug-likeness (QED) is 0.0321. The van der Waals surface area contributed by atoms with Crippen LogP contribution in [-0.4, -0.2) is 193 Å². The Morgan fingerprint density at radius 3 is 1.52 bits per heavy atom. The maximum atomic E-state index is 13.0. The van der Waals surface area contributed by atoms with Crippen LogP contribution < -0.4 is 5.32 Å². The predicted octanol–water partition coefficient (Wildman–Crippen LogP) is 0.861. The van der Waals surface area contributed by atoms with Gasteiger partial charge in [-0.1, -0.05) is 122 Å². The average molecular weight is 952 g/mol. The van der Waals surface area contributed by atoms with E-state index < -0.39 is 124 Å². The molecule has 0 aromatic rings. The van der Waals surface area contributed by atoms with E-state index in [9.17, 15) is 61.0 Å². The van der Waals surface area contributed by atoms with Crippen LogP contribution in [-0.2, 0) is 33.2 Å². The number of hydrogen-bond acceptors (Lipinski definition) is 18. The van der Waals surface area contributed by atoms with Crippen molar-refractivity contribution >= 4 is 5.91 Å². The molecule has 3 aliphatic rings. The smallest absolute Gasteiger partial charge is 0.220 e. The average Bonchev–Trinajstić information content (AvgIpc) is 3.31. The third-order valence-corrected chi connectivity index (χ3v) is 12.5. The molecule has 386 valence electrons. The molecule has 0 radical (unpaired) electrons. The van der Waals surface area contributed by atoms with Gasteiger partial charge in [0.25, 0.3) is 0 Å². The van der Waals surface area contributed by atoms with Crippen molar-refractivity contribution in [3.8, 4) is 0 Å². The van der Waals surface area contributed by atoms with Crippen molar-refractivity contribution in [2.75, 3.05) is 26.4 Å². The lowest BCUT2D eigenvalue weighted by Crippen LogP contribution is -2.66. The summed E-state index contributed by atoms with van der Waals surface area (Å²) in [6.45, 7) is 1.57. The van der Waals surface area contributed by atoms with E-state index in [-0.39, 0.29) is 18.9 Å². The van der Waals surface area contributed by atoms with Gasteiger partial charge in [-0.2, -0.15) is 0 Å². The van der Waals surface area contributed by atoms with Crippen LogP contribution in [0.5, 0.6) is 0 Å². The molecular formula is C47H85NO18. The molecule has 0 aromatic heterocycles. The molecule has 0 aromatic carbocycles. The molecule has 1 amide bonds. The zero-order valence-corrected chi connectivity index (χ0v) is 39.2. The lowest BCUT2D eigenvalue weighted by molar-refractivity contribution is -0.379. The highest BCUT2D eigenvalue weighted by Crippen LogP contribution is 2.33. The number of ether oxygens (including phenoxy) is 6. The van der Waals surface area contributed by atoms with Gasteiger partial charge in [-0.15, -0.1) is 0 Å². The Bertz CT molecular complexity index is 1330. The van der Waals surface area contributed by atoms with E-state index in [0.29, 0.717) is 12.8 Å². The van der Waals surface area contributed by atoms with Gasteiger partial charge < -0.3 is 89.9 Å². The number of aliphatic hydroxyl groups excluding tert-OH is 11. The van der Waals surface area contributed by atoms with Crippen molar-refractivity contribution in [2.24, 2.45) is 0 Å². The predicted molar refractivity (Wildman–Crippen MR) is 240 cm³/mol. The summed E-state index contributed by atoms with van der Waals surface area (Å²) >= 11 is 0. The first-order valence-corrected chi connectivity index (χ1v) is 24.6. The fourth-order valence-corrected chi connectivity index (χ4v) is 8.32. The van der Waals surface area contributed by atoms with Gasteiger partial charge in [-0.05, 0) is 32.1 Å². The zero-order chi connectivity index (χ0) is 48.4. The van der Waals surface area contributed by atoms with Crippen LogP contribution in [0.3, 0.4) is 0 Å². The summed E-state index contributed by atoms with van der Waals surface area (Å²) < 4.78 is 34.0. The van der Waals surface area contributed by atoms with Crippen molar-refractivity contribution in [1.29, 1.82) is 0 Å². The van der Waals surface area contributed by atoms with Crippen LogP contribution in [0.2, 0.25) is 0 Å². The fraction of sp³-hybridized carbons (Fsp3) is 0.894. The SMILES string of the molecule is CCCCCCCCCCC/C=C/CC/C=C/C(O)C(COC1OC(CO)C(OC2OC(CO)C(OC3OC(CO)C(O)C(O)C3O)C(O)C2O)C(O)C1O)NC(=O)CCCCCCCC. The molecule has 17 atom stereocenters. The molecule has 3 rings (SSSR count). The first-order chi connectivity index (χ1) is 31.8. The highest BCUT2D eigenvalue weighted by atomic mass is 16.8. The summed E-state index contributed by atoms with van der Waals surface area (Å²) in [7, 11) is 0.